The maximum atomic E-state index is 13.1. The first-order chi connectivity index (χ1) is 10.4. The van der Waals surface area contributed by atoms with Crippen LogP contribution in [0.4, 0.5) is 5.69 Å². The summed E-state index contributed by atoms with van der Waals surface area (Å²) in [4.78, 5) is 15.2. The maximum absolute atomic E-state index is 13.1. The van der Waals surface area contributed by atoms with Crippen LogP contribution in [0.5, 0.6) is 0 Å². The summed E-state index contributed by atoms with van der Waals surface area (Å²) >= 11 is 0. The van der Waals surface area contributed by atoms with Crippen LogP contribution < -0.4 is 4.90 Å². The van der Waals surface area contributed by atoms with Gasteiger partial charge in [0.15, 0.2) is 6.04 Å². The number of benzene rings is 1. The number of rotatable bonds is 5. The van der Waals surface area contributed by atoms with Gasteiger partial charge >= 0.3 is 0 Å². The molecule has 1 aromatic rings. The lowest BCUT2D eigenvalue weighted by molar-refractivity contribution is -0.937. The third kappa shape index (κ3) is 2.67. The van der Waals surface area contributed by atoms with Crippen molar-refractivity contribution >= 4 is 11.6 Å². The summed E-state index contributed by atoms with van der Waals surface area (Å²) in [7, 11) is 0. The van der Waals surface area contributed by atoms with Crippen LogP contribution in [0.3, 0.4) is 0 Å². The Labute approximate surface area is 135 Å². The first-order valence-electron chi connectivity index (χ1n) is 8.65. The normalized spacial score (nSPS) is 19.1. The second-order valence-electron chi connectivity index (χ2n) is 6.71. The van der Waals surface area contributed by atoms with E-state index in [4.69, 9.17) is 0 Å². The minimum absolute atomic E-state index is 0.125. The van der Waals surface area contributed by atoms with Gasteiger partial charge in [0, 0.05) is 18.7 Å². The molecule has 0 bridgehead atoms. The highest BCUT2D eigenvalue weighted by Gasteiger charge is 2.45. The number of hydrogen-bond acceptors (Lipinski definition) is 1. The van der Waals surface area contributed by atoms with Gasteiger partial charge in [0.1, 0.15) is 0 Å². The zero-order valence-corrected chi connectivity index (χ0v) is 15.1. The molecule has 2 rings (SSSR count). The Morgan fingerprint density at radius 2 is 1.55 bits per heavy atom. The van der Waals surface area contributed by atoms with Crippen molar-refractivity contribution in [3.8, 4) is 0 Å². The van der Waals surface area contributed by atoms with Gasteiger partial charge < -0.3 is 9.38 Å². The molecule has 1 fully saturated rings. The van der Waals surface area contributed by atoms with E-state index in [9.17, 15) is 4.79 Å². The maximum Gasteiger partial charge on any atom is 0.285 e. The van der Waals surface area contributed by atoms with Gasteiger partial charge in [-0.3, -0.25) is 4.79 Å². The topological polar surface area (TPSA) is 20.3 Å². The van der Waals surface area contributed by atoms with Crippen LogP contribution in [-0.4, -0.2) is 42.6 Å². The number of hydrogen-bond donors (Lipinski definition) is 0. The Bertz CT molecular complexity index is 529. The smallest absolute Gasteiger partial charge is 0.285 e. The molecule has 1 unspecified atom stereocenters. The zero-order valence-electron chi connectivity index (χ0n) is 15.1. The number of likely N-dealkylation sites (N-methyl/N-ethyl adjacent to an activating group) is 1. The third-order valence-corrected chi connectivity index (χ3v) is 5.63. The third-order valence-electron chi connectivity index (χ3n) is 5.63. The van der Waals surface area contributed by atoms with Gasteiger partial charge in [-0.05, 0) is 52.7 Å². The molecule has 3 heteroatoms. The molecule has 1 saturated heterocycles. The number of amides is 1. The SMILES string of the molecule is CC[N+](CC)(CC)C1CCN(c2c(C)cc(C)cc2C)C1=O. The summed E-state index contributed by atoms with van der Waals surface area (Å²) in [6, 6.07) is 4.50. The fourth-order valence-corrected chi connectivity index (χ4v) is 4.33. The summed E-state index contributed by atoms with van der Waals surface area (Å²) < 4.78 is 0.916. The molecule has 22 heavy (non-hydrogen) atoms. The zero-order chi connectivity index (χ0) is 16.5. The van der Waals surface area contributed by atoms with Crippen molar-refractivity contribution in [1.29, 1.82) is 0 Å². The first-order valence-corrected chi connectivity index (χ1v) is 8.65. The Morgan fingerprint density at radius 3 is 2.00 bits per heavy atom. The van der Waals surface area contributed by atoms with Gasteiger partial charge in [0.2, 0.25) is 0 Å². The Kier molecular flexibility index (Phi) is 4.96. The standard InChI is InChI=1S/C19H31N2O/c1-7-21(8-2,9-3)17-10-11-20(19(17)22)18-15(5)12-14(4)13-16(18)6/h12-13,17H,7-11H2,1-6H3/q+1. The number of aryl methyl sites for hydroxylation is 3. The molecule has 0 aliphatic carbocycles. The second-order valence-corrected chi connectivity index (χ2v) is 6.71. The monoisotopic (exact) mass is 303 g/mol. The van der Waals surface area contributed by atoms with E-state index in [1.807, 2.05) is 4.90 Å². The van der Waals surface area contributed by atoms with Crippen molar-refractivity contribution in [2.24, 2.45) is 0 Å². The Hall–Kier alpha value is -1.35. The first kappa shape index (κ1) is 17.0. The molecule has 1 aliphatic rings. The Morgan fingerprint density at radius 1 is 1.05 bits per heavy atom. The summed E-state index contributed by atoms with van der Waals surface area (Å²) in [6.07, 6.45) is 0.973. The van der Waals surface area contributed by atoms with Crippen molar-refractivity contribution in [1.82, 2.24) is 0 Å². The lowest BCUT2D eigenvalue weighted by atomic mass is 10.0. The lowest BCUT2D eigenvalue weighted by Gasteiger charge is -2.40. The molecular weight excluding hydrogens is 272 g/mol. The average Bonchev–Trinajstić information content (AvgIpc) is 2.84. The highest BCUT2D eigenvalue weighted by molar-refractivity contribution is 6.00. The van der Waals surface area contributed by atoms with Crippen LogP contribution in [0.2, 0.25) is 0 Å². The van der Waals surface area contributed by atoms with Crippen LogP contribution in [-0.2, 0) is 4.79 Å². The summed E-state index contributed by atoms with van der Waals surface area (Å²) in [5.74, 6) is 0.320. The number of quaternary nitrogens is 1. The molecule has 122 valence electrons. The Balaban J connectivity index is 2.37. The summed E-state index contributed by atoms with van der Waals surface area (Å²) in [5.41, 5.74) is 4.84. The van der Waals surface area contributed by atoms with E-state index in [2.05, 4.69) is 53.7 Å². The van der Waals surface area contributed by atoms with Crippen LogP contribution in [0.25, 0.3) is 0 Å². The van der Waals surface area contributed by atoms with E-state index in [0.717, 1.165) is 42.8 Å². The fraction of sp³-hybridized carbons (Fsp3) is 0.632. The van der Waals surface area contributed by atoms with E-state index in [-0.39, 0.29) is 6.04 Å². The van der Waals surface area contributed by atoms with Gasteiger partial charge in [-0.15, -0.1) is 0 Å². The van der Waals surface area contributed by atoms with Crippen LogP contribution in [0.15, 0.2) is 12.1 Å². The van der Waals surface area contributed by atoms with Crippen molar-refractivity contribution < 1.29 is 9.28 Å². The molecule has 1 atom stereocenters. The minimum Gasteiger partial charge on any atom is -0.314 e. The van der Waals surface area contributed by atoms with E-state index < -0.39 is 0 Å². The number of anilines is 1. The van der Waals surface area contributed by atoms with E-state index in [1.165, 1.54) is 16.7 Å². The fourth-order valence-electron chi connectivity index (χ4n) is 4.33. The number of carbonyl (C=O) groups excluding carboxylic acids is 1. The van der Waals surface area contributed by atoms with Crippen molar-refractivity contribution in [3.05, 3.63) is 28.8 Å². The van der Waals surface area contributed by atoms with Gasteiger partial charge in [-0.2, -0.15) is 0 Å². The van der Waals surface area contributed by atoms with Crippen molar-refractivity contribution in [2.45, 2.75) is 54.0 Å². The van der Waals surface area contributed by atoms with Crippen LogP contribution >= 0.6 is 0 Å². The molecule has 1 heterocycles. The molecule has 0 saturated carbocycles. The van der Waals surface area contributed by atoms with E-state index >= 15 is 0 Å². The molecule has 0 radical (unpaired) electrons. The number of nitrogens with zero attached hydrogens (tertiary/aromatic N) is 2. The molecule has 1 aromatic carbocycles. The molecule has 0 aromatic heterocycles. The summed E-state index contributed by atoms with van der Waals surface area (Å²) in [6.45, 7) is 17.0. The average molecular weight is 303 g/mol. The van der Waals surface area contributed by atoms with Gasteiger partial charge in [0.05, 0.1) is 19.6 Å². The van der Waals surface area contributed by atoms with Gasteiger partial charge in [-0.25, -0.2) is 0 Å². The molecular formula is C19H31N2O+. The van der Waals surface area contributed by atoms with Crippen molar-refractivity contribution in [3.63, 3.8) is 0 Å². The van der Waals surface area contributed by atoms with Gasteiger partial charge in [-0.1, -0.05) is 17.7 Å². The van der Waals surface area contributed by atoms with Crippen LogP contribution in [0, 0.1) is 20.8 Å². The van der Waals surface area contributed by atoms with Gasteiger partial charge in [0.25, 0.3) is 5.91 Å². The second kappa shape index (κ2) is 6.41. The molecule has 1 amide bonds. The molecule has 0 N–H and O–H groups in total. The van der Waals surface area contributed by atoms with E-state index in [1.54, 1.807) is 0 Å². The van der Waals surface area contributed by atoms with Crippen LogP contribution in [0.1, 0.15) is 43.9 Å². The van der Waals surface area contributed by atoms with E-state index in [0.29, 0.717) is 5.91 Å². The quantitative estimate of drug-likeness (QED) is 0.761. The predicted molar refractivity (Wildman–Crippen MR) is 93.3 cm³/mol. The highest BCUT2D eigenvalue weighted by atomic mass is 16.2. The predicted octanol–water partition coefficient (Wildman–Crippen LogP) is 3.59. The molecule has 1 aliphatic heterocycles. The molecule has 3 nitrogen and oxygen atoms in total. The number of carbonyl (C=O) groups is 1. The van der Waals surface area contributed by atoms with Crippen molar-refractivity contribution in [2.75, 3.05) is 31.1 Å². The largest absolute Gasteiger partial charge is 0.314 e. The highest BCUT2D eigenvalue weighted by Crippen LogP contribution is 2.33. The minimum atomic E-state index is 0.125. The summed E-state index contributed by atoms with van der Waals surface area (Å²) in [5, 5.41) is 0. The molecule has 0 spiro atoms. The lowest BCUT2D eigenvalue weighted by Crippen LogP contribution is -2.58.